The lowest BCUT2D eigenvalue weighted by molar-refractivity contribution is -0.144. The number of aromatic nitrogens is 3. The molecule has 0 spiro atoms. The number of halogens is 4. The van der Waals surface area contributed by atoms with Gasteiger partial charge in [-0.1, -0.05) is 11.6 Å². The lowest BCUT2D eigenvalue weighted by Gasteiger charge is -2.03. The highest BCUT2D eigenvalue weighted by Crippen LogP contribution is 2.31. The van der Waals surface area contributed by atoms with Gasteiger partial charge >= 0.3 is 6.18 Å². The summed E-state index contributed by atoms with van der Waals surface area (Å²) in [6.07, 6.45) is -3.06. The van der Waals surface area contributed by atoms with Gasteiger partial charge in [-0.05, 0) is 6.07 Å². The smallest absolute Gasteiger partial charge is 0.333 e. The second-order valence-electron chi connectivity index (χ2n) is 3.02. The molecule has 0 unspecified atom stereocenters. The van der Waals surface area contributed by atoms with E-state index in [0.29, 0.717) is 5.02 Å². The monoisotopic (exact) mass is 235 g/mol. The van der Waals surface area contributed by atoms with E-state index in [0.717, 1.165) is 0 Å². The zero-order valence-electron chi connectivity index (χ0n) is 7.51. The fourth-order valence-corrected chi connectivity index (χ4v) is 1.49. The van der Waals surface area contributed by atoms with Crippen LogP contribution in [0.3, 0.4) is 0 Å². The molecule has 2 heterocycles. The first-order chi connectivity index (χ1) is 6.88. The number of fused-ring (bicyclic) bond motifs is 1. The Morgan fingerprint density at radius 1 is 1.33 bits per heavy atom. The average molecular weight is 236 g/mol. The second kappa shape index (κ2) is 3.10. The number of nitrogens with zero attached hydrogens (tertiary/aromatic N) is 3. The quantitative estimate of drug-likeness (QED) is 0.703. The van der Waals surface area contributed by atoms with Gasteiger partial charge < -0.3 is 4.57 Å². The summed E-state index contributed by atoms with van der Waals surface area (Å²) < 4.78 is 38.3. The molecule has 0 radical (unpaired) electrons. The fourth-order valence-electron chi connectivity index (χ4n) is 1.24. The average Bonchev–Trinajstić information content (AvgIpc) is 2.46. The molecule has 0 saturated carbocycles. The van der Waals surface area contributed by atoms with Gasteiger partial charge in [0.1, 0.15) is 5.69 Å². The Labute approximate surface area is 87.9 Å². The van der Waals surface area contributed by atoms with Crippen molar-refractivity contribution in [1.82, 2.24) is 14.5 Å². The Kier molecular flexibility index (Phi) is 2.11. The van der Waals surface area contributed by atoms with Crippen LogP contribution >= 0.6 is 11.6 Å². The summed E-state index contributed by atoms with van der Waals surface area (Å²) in [6, 6.07) is 1.35. The number of rotatable bonds is 0. The molecule has 2 rings (SSSR count). The topological polar surface area (TPSA) is 30.7 Å². The highest BCUT2D eigenvalue weighted by molar-refractivity contribution is 6.30. The van der Waals surface area contributed by atoms with Crippen molar-refractivity contribution in [1.29, 1.82) is 0 Å². The van der Waals surface area contributed by atoms with E-state index in [9.17, 15) is 13.2 Å². The first-order valence-electron chi connectivity index (χ1n) is 3.95. The molecule has 2 aliphatic rings. The number of alkyl halides is 3. The Morgan fingerprint density at radius 2 is 2.00 bits per heavy atom. The molecule has 0 bridgehead atoms. The van der Waals surface area contributed by atoms with Crippen molar-refractivity contribution < 1.29 is 13.2 Å². The Morgan fingerprint density at radius 3 is 2.60 bits per heavy atom. The predicted molar refractivity (Wildman–Crippen MR) is 47.6 cm³/mol. The van der Waals surface area contributed by atoms with Crippen molar-refractivity contribution in [3.8, 4) is 11.5 Å². The lowest BCUT2D eigenvalue weighted by Crippen LogP contribution is -2.07. The fraction of sp³-hybridized carbons (Fsp3) is 0.250. The molecule has 0 fully saturated rings. The highest BCUT2D eigenvalue weighted by atomic mass is 35.5. The molecule has 0 atom stereocenters. The summed E-state index contributed by atoms with van der Waals surface area (Å²) in [5, 5.41) is 0.318. The van der Waals surface area contributed by atoms with Crippen LogP contribution in [0.25, 0.3) is 11.5 Å². The number of hydrogen-bond acceptors (Lipinski definition) is 2. The summed E-state index contributed by atoms with van der Waals surface area (Å²) in [7, 11) is 1.56. The van der Waals surface area contributed by atoms with Gasteiger partial charge in [0, 0.05) is 13.2 Å². The minimum Gasteiger partial charge on any atom is -0.333 e. The van der Waals surface area contributed by atoms with Crippen LogP contribution < -0.4 is 0 Å². The molecule has 0 saturated heterocycles. The summed E-state index contributed by atoms with van der Waals surface area (Å²) in [5.41, 5.74) is 0.136. The normalized spacial score (nSPS) is 12.3. The number of aryl methyl sites for hydroxylation is 1. The molecule has 0 aromatic heterocycles. The van der Waals surface area contributed by atoms with Crippen molar-refractivity contribution in [3.05, 3.63) is 23.1 Å². The maximum atomic E-state index is 12.3. The summed E-state index contributed by atoms with van der Waals surface area (Å²) in [6.45, 7) is 0. The van der Waals surface area contributed by atoms with Gasteiger partial charge in [-0.2, -0.15) is 13.2 Å². The Hall–Kier alpha value is -1.30. The third kappa shape index (κ3) is 1.77. The van der Waals surface area contributed by atoms with E-state index in [1.54, 1.807) is 7.05 Å². The summed E-state index contributed by atoms with van der Waals surface area (Å²) in [5.74, 6) is -0.984. The highest BCUT2D eigenvalue weighted by Gasteiger charge is 2.37. The van der Waals surface area contributed by atoms with Crippen LogP contribution in [0.5, 0.6) is 0 Å². The van der Waals surface area contributed by atoms with Crippen LogP contribution in [0.2, 0.25) is 5.02 Å². The van der Waals surface area contributed by atoms with Crippen LogP contribution in [0.1, 0.15) is 5.82 Å². The lowest BCUT2D eigenvalue weighted by atomic mass is 10.3. The third-order valence-electron chi connectivity index (χ3n) is 1.85. The maximum Gasteiger partial charge on any atom is 0.451 e. The van der Waals surface area contributed by atoms with Crippen LogP contribution in [0, 0.1) is 0 Å². The zero-order chi connectivity index (χ0) is 11.2. The molecule has 80 valence electrons. The minimum absolute atomic E-state index is 0.136. The molecule has 0 amide bonds. The van der Waals surface area contributed by atoms with Crippen molar-refractivity contribution in [2.45, 2.75) is 6.18 Å². The predicted octanol–water partition coefficient (Wildman–Crippen LogP) is 2.59. The van der Waals surface area contributed by atoms with E-state index >= 15 is 0 Å². The van der Waals surface area contributed by atoms with E-state index in [-0.39, 0.29) is 11.5 Å². The van der Waals surface area contributed by atoms with Crippen LogP contribution in [-0.2, 0) is 13.2 Å². The standard InChI is InChI=1S/C8H5ClF3N3/c1-15-3-4(9)2-5-6(15)14-7(13-5)8(10,11)12/h2-3H,1H3. The zero-order valence-corrected chi connectivity index (χ0v) is 8.26. The first kappa shape index (κ1) is 10.2. The van der Waals surface area contributed by atoms with E-state index in [1.807, 2.05) is 0 Å². The Balaban J connectivity index is 2.66. The molecule has 7 heteroatoms. The third-order valence-corrected chi connectivity index (χ3v) is 2.05. The molecule has 3 nitrogen and oxygen atoms in total. The van der Waals surface area contributed by atoms with Crippen LogP contribution in [0.15, 0.2) is 12.3 Å². The molecule has 0 aromatic rings. The van der Waals surface area contributed by atoms with Gasteiger partial charge in [0.05, 0.1) is 5.02 Å². The van der Waals surface area contributed by atoms with E-state index in [2.05, 4.69) is 9.97 Å². The molecular formula is C8H5ClF3N3. The van der Waals surface area contributed by atoms with E-state index in [1.165, 1.54) is 16.8 Å². The van der Waals surface area contributed by atoms with E-state index < -0.39 is 12.0 Å². The summed E-state index contributed by atoms with van der Waals surface area (Å²) >= 11 is 5.68. The molecule has 15 heavy (non-hydrogen) atoms. The maximum absolute atomic E-state index is 12.3. The van der Waals surface area contributed by atoms with Gasteiger partial charge in [0.2, 0.25) is 5.82 Å². The van der Waals surface area contributed by atoms with Gasteiger partial charge in [0.15, 0.2) is 5.82 Å². The minimum atomic E-state index is -4.53. The number of hydrogen-bond donors (Lipinski definition) is 0. The van der Waals surface area contributed by atoms with Crippen molar-refractivity contribution >= 4 is 11.6 Å². The van der Waals surface area contributed by atoms with Gasteiger partial charge in [0.25, 0.3) is 0 Å². The van der Waals surface area contributed by atoms with Crippen LogP contribution in [-0.4, -0.2) is 14.5 Å². The molecule has 0 aliphatic carbocycles. The molecular weight excluding hydrogens is 231 g/mol. The molecule has 0 N–H and O–H groups in total. The van der Waals surface area contributed by atoms with Gasteiger partial charge in [-0.15, -0.1) is 0 Å². The van der Waals surface area contributed by atoms with E-state index in [4.69, 9.17) is 11.6 Å². The van der Waals surface area contributed by atoms with Crippen molar-refractivity contribution in [2.24, 2.45) is 7.05 Å². The Bertz CT molecular complexity index is 477. The molecule has 0 aromatic carbocycles. The molecule has 2 aliphatic heterocycles. The SMILES string of the molecule is Cn1cc(Cl)cc2nc(C(F)(F)F)nc1-2. The second-order valence-corrected chi connectivity index (χ2v) is 3.46. The van der Waals surface area contributed by atoms with Gasteiger partial charge in [-0.3, -0.25) is 0 Å². The van der Waals surface area contributed by atoms with Crippen molar-refractivity contribution in [3.63, 3.8) is 0 Å². The van der Waals surface area contributed by atoms with Crippen molar-refractivity contribution in [2.75, 3.05) is 0 Å². The largest absolute Gasteiger partial charge is 0.451 e. The number of pyridine rings is 1. The van der Waals surface area contributed by atoms with Gasteiger partial charge in [-0.25, -0.2) is 9.97 Å². The first-order valence-corrected chi connectivity index (χ1v) is 4.32. The van der Waals surface area contributed by atoms with Crippen LogP contribution in [0.4, 0.5) is 13.2 Å². The summed E-state index contributed by atoms with van der Waals surface area (Å²) in [4.78, 5) is 6.76. The number of imidazole rings is 1.